The number of hydrogen-bond acceptors (Lipinski definition) is 3. The number of nitrogens with zero attached hydrogens (tertiary/aromatic N) is 2. The molecule has 4 nitrogen and oxygen atoms in total. The van der Waals surface area contributed by atoms with Gasteiger partial charge in [-0.15, -0.1) is 0 Å². The highest BCUT2D eigenvalue weighted by Gasteiger charge is 2.10. The summed E-state index contributed by atoms with van der Waals surface area (Å²) in [6.45, 7) is 0. The summed E-state index contributed by atoms with van der Waals surface area (Å²) in [5.41, 5.74) is 0.842. The SMILES string of the molecule is O=C(Nc1ccc2ccc(Cl)nc2n1)c1ccc(Cl)c(Cl)c1. The molecule has 110 valence electrons. The number of benzene rings is 1. The van der Waals surface area contributed by atoms with Gasteiger partial charge in [-0.2, -0.15) is 0 Å². The van der Waals surface area contributed by atoms with Crippen LogP contribution in [0.4, 0.5) is 5.82 Å². The highest BCUT2D eigenvalue weighted by atomic mass is 35.5. The molecule has 0 aliphatic heterocycles. The Hall–Kier alpha value is -1.88. The summed E-state index contributed by atoms with van der Waals surface area (Å²) in [7, 11) is 0. The Balaban J connectivity index is 1.88. The van der Waals surface area contributed by atoms with Crippen molar-refractivity contribution in [3.8, 4) is 0 Å². The van der Waals surface area contributed by atoms with Crippen molar-refractivity contribution in [1.82, 2.24) is 9.97 Å². The molecule has 7 heteroatoms. The van der Waals surface area contributed by atoms with E-state index in [4.69, 9.17) is 34.8 Å². The fourth-order valence-corrected chi connectivity index (χ4v) is 2.31. The molecule has 1 aromatic carbocycles. The Labute approximate surface area is 141 Å². The molecule has 2 aromatic heterocycles. The van der Waals surface area contributed by atoms with E-state index in [0.717, 1.165) is 5.39 Å². The van der Waals surface area contributed by atoms with Crippen LogP contribution < -0.4 is 5.32 Å². The third kappa shape index (κ3) is 3.14. The van der Waals surface area contributed by atoms with Gasteiger partial charge in [-0.3, -0.25) is 4.79 Å². The average molecular weight is 353 g/mol. The van der Waals surface area contributed by atoms with Crippen molar-refractivity contribution in [3.63, 3.8) is 0 Å². The van der Waals surface area contributed by atoms with E-state index in [0.29, 0.717) is 32.2 Å². The lowest BCUT2D eigenvalue weighted by atomic mass is 10.2. The molecule has 3 aromatic rings. The molecule has 0 aliphatic rings. The smallest absolute Gasteiger partial charge is 0.256 e. The van der Waals surface area contributed by atoms with Crippen molar-refractivity contribution in [2.24, 2.45) is 0 Å². The van der Waals surface area contributed by atoms with Crippen LogP contribution in [0, 0.1) is 0 Å². The van der Waals surface area contributed by atoms with Crippen LogP contribution in [0.3, 0.4) is 0 Å². The minimum Gasteiger partial charge on any atom is -0.306 e. The summed E-state index contributed by atoms with van der Waals surface area (Å²) in [5.74, 6) is 0.0331. The van der Waals surface area contributed by atoms with E-state index in [-0.39, 0.29) is 5.91 Å². The molecule has 0 fully saturated rings. The minimum absolute atomic E-state index is 0.314. The van der Waals surface area contributed by atoms with Gasteiger partial charge in [0.05, 0.1) is 10.0 Å². The number of aromatic nitrogens is 2. The zero-order valence-electron chi connectivity index (χ0n) is 11.0. The molecule has 0 bridgehead atoms. The van der Waals surface area contributed by atoms with Crippen LogP contribution in [0.25, 0.3) is 11.0 Å². The lowest BCUT2D eigenvalue weighted by Crippen LogP contribution is -2.13. The molecular weight excluding hydrogens is 345 g/mol. The first kappa shape index (κ1) is 15.0. The Morgan fingerprint density at radius 1 is 0.909 bits per heavy atom. The van der Waals surface area contributed by atoms with Gasteiger partial charge in [0.15, 0.2) is 5.65 Å². The maximum absolute atomic E-state index is 12.2. The zero-order valence-corrected chi connectivity index (χ0v) is 13.2. The maximum atomic E-state index is 12.2. The third-order valence-corrected chi connectivity index (χ3v) is 3.89. The van der Waals surface area contributed by atoms with Crippen LogP contribution in [0.1, 0.15) is 10.4 Å². The number of fused-ring (bicyclic) bond motifs is 1. The van der Waals surface area contributed by atoms with E-state index in [1.54, 1.807) is 30.3 Å². The van der Waals surface area contributed by atoms with Crippen molar-refractivity contribution in [2.45, 2.75) is 0 Å². The molecule has 0 radical (unpaired) electrons. The first-order chi connectivity index (χ1) is 10.5. The highest BCUT2D eigenvalue weighted by Crippen LogP contribution is 2.23. The maximum Gasteiger partial charge on any atom is 0.256 e. The van der Waals surface area contributed by atoms with Gasteiger partial charge in [0.2, 0.25) is 0 Å². The first-order valence-electron chi connectivity index (χ1n) is 6.22. The summed E-state index contributed by atoms with van der Waals surface area (Å²) in [6.07, 6.45) is 0. The largest absolute Gasteiger partial charge is 0.306 e. The normalized spacial score (nSPS) is 10.7. The van der Waals surface area contributed by atoms with Crippen molar-refractivity contribution >= 4 is 57.6 Å². The predicted molar refractivity (Wildman–Crippen MR) is 89.0 cm³/mol. The standard InChI is InChI=1S/C15H8Cl3N3O/c16-10-4-1-9(7-11(10)17)15(22)21-13-6-3-8-2-5-12(18)19-14(8)20-13/h1-7H,(H,19,20,21,22). The number of carbonyl (C=O) groups excluding carboxylic acids is 1. The molecule has 2 heterocycles. The predicted octanol–water partition coefficient (Wildman–Crippen LogP) is 4.84. The number of rotatable bonds is 2. The van der Waals surface area contributed by atoms with Crippen molar-refractivity contribution in [3.05, 3.63) is 63.2 Å². The topological polar surface area (TPSA) is 54.9 Å². The summed E-state index contributed by atoms with van der Waals surface area (Å²) in [6, 6.07) is 11.6. The van der Waals surface area contributed by atoms with Crippen LogP contribution in [0.5, 0.6) is 0 Å². The number of amides is 1. The second-order valence-electron chi connectivity index (χ2n) is 4.46. The van der Waals surface area contributed by atoms with Gasteiger partial charge in [-0.1, -0.05) is 34.8 Å². The second-order valence-corrected chi connectivity index (χ2v) is 5.66. The van der Waals surface area contributed by atoms with Crippen LogP contribution in [-0.4, -0.2) is 15.9 Å². The van der Waals surface area contributed by atoms with E-state index >= 15 is 0 Å². The van der Waals surface area contributed by atoms with Crippen LogP contribution >= 0.6 is 34.8 Å². The summed E-state index contributed by atoms with van der Waals surface area (Å²) in [5, 5.41) is 4.56. The Morgan fingerprint density at radius 2 is 1.68 bits per heavy atom. The van der Waals surface area contributed by atoms with Crippen molar-refractivity contribution in [1.29, 1.82) is 0 Å². The summed E-state index contributed by atoms with van der Waals surface area (Å²) in [4.78, 5) is 20.5. The Kier molecular flexibility index (Phi) is 4.16. The average Bonchev–Trinajstić information content (AvgIpc) is 2.49. The molecule has 0 saturated heterocycles. The zero-order chi connectivity index (χ0) is 15.7. The number of anilines is 1. The van der Waals surface area contributed by atoms with Gasteiger partial charge >= 0.3 is 0 Å². The minimum atomic E-state index is -0.340. The van der Waals surface area contributed by atoms with E-state index in [1.165, 1.54) is 6.07 Å². The lowest BCUT2D eigenvalue weighted by molar-refractivity contribution is 0.102. The molecule has 3 rings (SSSR count). The highest BCUT2D eigenvalue weighted by molar-refractivity contribution is 6.42. The molecule has 1 N–H and O–H groups in total. The molecule has 0 aliphatic carbocycles. The number of nitrogens with one attached hydrogen (secondary N) is 1. The van der Waals surface area contributed by atoms with Gasteiger partial charge in [0.25, 0.3) is 5.91 Å². The van der Waals surface area contributed by atoms with E-state index in [2.05, 4.69) is 15.3 Å². The molecule has 0 unspecified atom stereocenters. The van der Waals surface area contributed by atoms with Gasteiger partial charge in [0.1, 0.15) is 11.0 Å². The number of hydrogen-bond donors (Lipinski definition) is 1. The molecule has 0 saturated carbocycles. The van der Waals surface area contributed by atoms with Crippen LogP contribution in [0.15, 0.2) is 42.5 Å². The quantitative estimate of drug-likeness (QED) is 0.671. The molecule has 0 atom stereocenters. The van der Waals surface area contributed by atoms with Gasteiger partial charge in [0, 0.05) is 10.9 Å². The lowest BCUT2D eigenvalue weighted by Gasteiger charge is -2.06. The Morgan fingerprint density at radius 3 is 2.45 bits per heavy atom. The third-order valence-electron chi connectivity index (χ3n) is 2.94. The van der Waals surface area contributed by atoms with Gasteiger partial charge in [-0.05, 0) is 42.5 Å². The molecular formula is C15H8Cl3N3O. The second kappa shape index (κ2) is 6.08. The van der Waals surface area contributed by atoms with Gasteiger partial charge < -0.3 is 5.32 Å². The van der Waals surface area contributed by atoms with Crippen molar-refractivity contribution < 1.29 is 4.79 Å². The van der Waals surface area contributed by atoms with E-state index in [1.807, 2.05) is 6.07 Å². The molecule has 0 spiro atoms. The summed E-state index contributed by atoms with van der Waals surface area (Å²) < 4.78 is 0. The Bertz CT molecular complexity index is 883. The van der Waals surface area contributed by atoms with Gasteiger partial charge in [-0.25, -0.2) is 9.97 Å². The summed E-state index contributed by atoms with van der Waals surface area (Å²) >= 11 is 17.6. The number of carbonyl (C=O) groups is 1. The van der Waals surface area contributed by atoms with Crippen LogP contribution in [0.2, 0.25) is 15.2 Å². The van der Waals surface area contributed by atoms with E-state index < -0.39 is 0 Å². The van der Waals surface area contributed by atoms with Crippen molar-refractivity contribution in [2.75, 3.05) is 5.32 Å². The molecule has 1 amide bonds. The molecule has 22 heavy (non-hydrogen) atoms. The number of halogens is 3. The fraction of sp³-hybridized carbons (Fsp3) is 0. The van der Waals surface area contributed by atoms with E-state index in [9.17, 15) is 4.79 Å². The first-order valence-corrected chi connectivity index (χ1v) is 7.36. The number of pyridine rings is 2. The monoisotopic (exact) mass is 351 g/mol. The van der Waals surface area contributed by atoms with Crippen LogP contribution in [-0.2, 0) is 0 Å². The fourth-order valence-electron chi connectivity index (χ4n) is 1.87.